The molecule has 0 bridgehead atoms. The van der Waals surface area contributed by atoms with Gasteiger partial charge in [-0.25, -0.2) is 0 Å². The van der Waals surface area contributed by atoms with Crippen molar-refractivity contribution in [2.45, 2.75) is 45.3 Å². The van der Waals surface area contributed by atoms with Gasteiger partial charge in [-0.1, -0.05) is 24.3 Å². The van der Waals surface area contributed by atoms with Crippen molar-refractivity contribution in [1.29, 1.82) is 0 Å². The third-order valence-electron chi connectivity index (χ3n) is 4.96. The predicted molar refractivity (Wildman–Crippen MR) is 101 cm³/mol. The number of aryl methyl sites for hydroxylation is 1. The quantitative estimate of drug-likeness (QED) is 0.789. The maximum atomic E-state index is 12.9. The highest BCUT2D eigenvalue weighted by atomic mass is 19.4. The van der Waals surface area contributed by atoms with Gasteiger partial charge >= 0.3 is 6.18 Å². The fourth-order valence-corrected chi connectivity index (χ4v) is 3.44. The smallest absolute Gasteiger partial charge is 0.367 e. The van der Waals surface area contributed by atoms with E-state index >= 15 is 0 Å². The monoisotopic (exact) mass is 376 g/mol. The number of nitrogens with zero attached hydrogens (tertiary/aromatic N) is 1. The number of carbonyl (C=O) groups is 1. The number of hydrogen-bond donors (Lipinski definition) is 1. The number of anilines is 2. The van der Waals surface area contributed by atoms with Crippen LogP contribution < -0.4 is 10.2 Å². The Morgan fingerprint density at radius 3 is 2.52 bits per heavy atom. The fourth-order valence-electron chi connectivity index (χ4n) is 3.44. The molecule has 0 aromatic heterocycles. The topological polar surface area (TPSA) is 32.3 Å². The van der Waals surface area contributed by atoms with Crippen LogP contribution in [0.25, 0.3) is 0 Å². The lowest BCUT2D eigenvalue weighted by Gasteiger charge is -2.32. The highest BCUT2D eigenvalue weighted by Crippen LogP contribution is 2.35. The highest BCUT2D eigenvalue weighted by molar-refractivity contribution is 5.89. The van der Waals surface area contributed by atoms with Crippen LogP contribution in [-0.2, 0) is 17.8 Å². The van der Waals surface area contributed by atoms with E-state index < -0.39 is 12.1 Å². The molecule has 1 N–H and O–H groups in total. The molecule has 3 rings (SSSR count). The van der Waals surface area contributed by atoms with E-state index in [1.807, 2.05) is 18.2 Å². The maximum Gasteiger partial charge on any atom is 0.395 e. The Labute approximate surface area is 157 Å². The molecule has 0 saturated carbocycles. The van der Waals surface area contributed by atoms with Crippen LogP contribution in [0.1, 0.15) is 42.9 Å². The van der Waals surface area contributed by atoms with Crippen molar-refractivity contribution in [3.8, 4) is 0 Å². The van der Waals surface area contributed by atoms with Crippen LogP contribution in [0.4, 0.5) is 24.5 Å². The molecule has 0 fully saturated rings. The van der Waals surface area contributed by atoms with Gasteiger partial charge in [0.25, 0.3) is 0 Å². The van der Waals surface area contributed by atoms with Gasteiger partial charge in [-0.05, 0) is 54.7 Å². The van der Waals surface area contributed by atoms with Gasteiger partial charge in [0.15, 0.2) is 0 Å². The molecule has 2 aromatic carbocycles. The predicted octanol–water partition coefficient (Wildman–Crippen LogP) is 5.26. The lowest BCUT2D eigenvalue weighted by atomic mass is 9.98. The number of amides is 1. The minimum Gasteiger partial charge on any atom is -0.367 e. The first-order valence-corrected chi connectivity index (χ1v) is 9.05. The van der Waals surface area contributed by atoms with Gasteiger partial charge in [-0.2, -0.15) is 13.2 Å². The molecule has 1 aliphatic rings. The van der Waals surface area contributed by atoms with Crippen LogP contribution >= 0.6 is 0 Å². The maximum absolute atomic E-state index is 12.9. The van der Waals surface area contributed by atoms with Gasteiger partial charge in [0.2, 0.25) is 5.91 Å². The highest BCUT2D eigenvalue weighted by Gasteiger charge is 2.36. The zero-order valence-corrected chi connectivity index (χ0v) is 15.4. The molecular weight excluding hydrogens is 353 g/mol. The van der Waals surface area contributed by atoms with E-state index in [0.29, 0.717) is 6.54 Å². The van der Waals surface area contributed by atoms with Gasteiger partial charge in [0, 0.05) is 31.4 Å². The Morgan fingerprint density at radius 1 is 1.19 bits per heavy atom. The van der Waals surface area contributed by atoms with Gasteiger partial charge < -0.3 is 10.2 Å². The van der Waals surface area contributed by atoms with Crippen molar-refractivity contribution < 1.29 is 18.0 Å². The van der Waals surface area contributed by atoms with E-state index in [9.17, 15) is 18.0 Å². The van der Waals surface area contributed by atoms with E-state index in [1.54, 1.807) is 24.3 Å². The molecule has 0 aliphatic carbocycles. The summed E-state index contributed by atoms with van der Waals surface area (Å²) in [6, 6.07) is 12.6. The first-order chi connectivity index (χ1) is 12.7. The van der Waals surface area contributed by atoms with Crippen molar-refractivity contribution in [1.82, 2.24) is 0 Å². The minimum atomic E-state index is -4.22. The number of halogens is 3. The molecular formula is C21H23F3N2O. The van der Waals surface area contributed by atoms with Crippen molar-refractivity contribution >= 4 is 17.3 Å². The SMILES string of the molecule is CC(=O)Nc1ccc2c(c1)CCCN2Cc1ccc(C(C)C(F)(F)F)cc1. The molecule has 1 atom stereocenters. The minimum absolute atomic E-state index is 0.101. The average molecular weight is 376 g/mol. The van der Waals surface area contributed by atoms with E-state index in [-0.39, 0.29) is 11.5 Å². The van der Waals surface area contributed by atoms with Crippen LogP contribution in [0, 0.1) is 0 Å². The number of rotatable bonds is 4. The summed E-state index contributed by atoms with van der Waals surface area (Å²) < 4.78 is 38.6. The Hall–Kier alpha value is -2.50. The van der Waals surface area contributed by atoms with Gasteiger partial charge in [0.05, 0.1) is 5.92 Å². The Balaban J connectivity index is 1.75. The first-order valence-electron chi connectivity index (χ1n) is 9.05. The molecule has 1 heterocycles. The molecule has 1 aliphatic heterocycles. The van der Waals surface area contributed by atoms with Gasteiger partial charge in [-0.3, -0.25) is 4.79 Å². The second-order valence-corrected chi connectivity index (χ2v) is 7.05. The number of fused-ring (bicyclic) bond motifs is 1. The first kappa shape index (κ1) is 19.3. The lowest BCUT2D eigenvalue weighted by Crippen LogP contribution is -2.29. The lowest BCUT2D eigenvalue weighted by molar-refractivity contribution is -0.146. The van der Waals surface area contributed by atoms with Crippen LogP contribution in [-0.4, -0.2) is 18.6 Å². The van der Waals surface area contributed by atoms with Gasteiger partial charge in [0.1, 0.15) is 0 Å². The average Bonchev–Trinajstić information content (AvgIpc) is 2.60. The fraction of sp³-hybridized carbons (Fsp3) is 0.381. The molecule has 0 saturated heterocycles. The van der Waals surface area contributed by atoms with Crippen LogP contribution in [0.2, 0.25) is 0 Å². The molecule has 1 amide bonds. The van der Waals surface area contributed by atoms with Crippen molar-refractivity contribution in [3.63, 3.8) is 0 Å². The summed E-state index contributed by atoms with van der Waals surface area (Å²) in [5, 5.41) is 2.80. The molecule has 3 nitrogen and oxygen atoms in total. The summed E-state index contributed by atoms with van der Waals surface area (Å²) in [7, 11) is 0. The third kappa shape index (κ3) is 4.62. The van der Waals surface area contributed by atoms with E-state index in [2.05, 4.69) is 10.2 Å². The van der Waals surface area contributed by atoms with Crippen LogP contribution in [0.15, 0.2) is 42.5 Å². The van der Waals surface area contributed by atoms with E-state index in [4.69, 9.17) is 0 Å². The van der Waals surface area contributed by atoms with Crippen molar-refractivity contribution in [2.24, 2.45) is 0 Å². The molecule has 0 spiro atoms. The van der Waals surface area contributed by atoms with Crippen molar-refractivity contribution in [3.05, 3.63) is 59.2 Å². The number of alkyl halides is 3. The Kier molecular flexibility index (Phi) is 5.44. The molecule has 27 heavy (non-hydrogen) atoms. The van der Waals surface area contributed by atoms with Crippen molar-refractivity contribution in [2.75, 3.05) is 16.8 Å². The summed E-state index contributed by atoms with van der Waals surface area (Å²) in [5.41, 5.74) is 4.34. The number of nitrogens with one attached hydrogen (secondary N) is 1. The summed E-state index contributed by atoms with van der Waals surface area (Å²) in [4.78, 5) is 13.5. The number of carbonyl (C=O) groups excluding carboxylic acids is 1. The Morgan fingerprint density at radius 2 is 1.89 bits per heavy atom. The standard InChI is InChI=1S/C21H23F3N2O/c1-14(21(22,23)24)17-7-5-16(6-8-17)13-26-11-3-4-18-12-19(25-15(2)27)9-10-20(18)26/h5-10,12,14H,3-4,11,13H2,1-2H3,(H,25,27). The van der Waals surface area contributed by atoms with E-state index in [1.165, 1.54) is 19.4 Å². The number of benzene rings is 2. The zero-order chi connectivity index (χ0) is 19.6. The summed E-state index contributed by atoms with van der Waals surface area (Å²) in [6.07, 6.45) is -2.28. The van der Waals surface area contributed by atoms with E-state index in [0.717, 1.165) is 36.3 Å². The second-order valence-electron chi connectivity index (χ2n) is 7.05. The largest absolute Gasteiger partial charge is 0.395 e. The number of hydrogen-bond acceptors (Lipinski definition) is 2. The summed E-state index contributed by atoms with van der Waals surface area (Å²) in [6.45, 7) is 4.21. The normalized spacial score (nSPS) is 15.2. The Bertz CT molecular complexity index is 815. The van der Waals surface area contributed by atoms with Gasteiger partial charge in [-0.15, -0.1) is 0 Å². The molecule has 1 unspecified atom stereocenters. The molecule has 2 aromatic rings. The van der Waals surface area contributed by atoms with Crippen LogP contribution in [0.3, 0.4) is 0 Å². The summed E-state index contributed by atoms with van der Waals surface area (Å²) >= 11 is 0. The zero-order valence-electron chi connectivity index (χ0n) is 15.4. The molecule has 6 heteroatoms. The molecule has 0 radical (unpaired) electrons. The third-order valence-corrected chi connectivity index (χ3v) is 4.96. The second kappa shape index (κ2) is 7.62. The molecule has 144 valence electrons. The summed E-state index contributed by atoms with van der Waals surface area (Å²) in [5.74, 6) is -1.56. The van der Waals surface area contributed by atoms with Crippen LogP contribution in [0.5, 0.6) is 0 Å².